The molecule has 0 aromatic carbocycles. The molecule has 2 amide bonds. The van der Waals surface area contributed by atoms with Gasteiger partial charge in [0.05, 0.1) is 25.9 Å². The van der Waals surface area contributed by atoms with E-state index in [0.717, 1.165) is 13.8 Å². The Bertz CT molecular complexity index is 1520. The average Bonchev–Trinajstić information content (AvgIpc) is 3.20. The molecule has 61 heavy (non-hydrogen) atoms. The molecule has 27 heteroatoms. The third-order valence-electron chi connectivity index (χ3n) is 11.3. The number of amides is 2. The van der Waals surface area contributed by atoms with Crippen LogP contribution in [0.15, 0.2) is 0 Å². The highest BCUT2D eigenvalue weighted by Crippen LogP contribution is 2.38. The second-order valence-electron chi connectivity index (χ2n) is 15.5. The minimum absolute atomic E-state index is 0.786. The molecule has 9 rings (SSSR count). The maximum atomic E-state index is 12.9. The normalized spacial score (nSPS) is 50.6. The monoisotopic (exact) mass is 890 g/mol. The molecule has 0 spiro atoms. The van der Waals surface area contributed by atoms with Gasteiger partial charge in [0, 0.05) is 13.8 Å². The van der Waals surface area contributed by atoms with Crippen molar-refractivity contribution in [3.8, 4) is 0 Å². The maximum Gasteiger partial charge on any atom is 0.335 e. The fraction of sp³-hybridized carbons (Fsp3) is 0.912. The van der Waals surface area contributed by atoms with Crippen LogP contribution in [0.25, 0.3) is 0 Å². The molecule has 0 aromatic rings. The molecular formula is C34H54N2O25. The van der Waals surface area contributed by atoms with Crippen molar-refractivity contribution in [2.75, 3.05) is 19.8 Å². The van der Waals surface area contributed by atoms with E-state index in [0.29, 0.717) is 0 Å². The number of aliphatic carboxylic acids is 1. The van der Waals surface area contributed by atoms with Gasteiger partial charge in [-0.25, -0.2) is 4.79 Å². The fourth-order valence-electron chi connectivity index (χ4n) is 8.19. The SMILES string of the molecule is CC(=O)N[C@H]1[C@@H]2O[C@H]3[C@@H](O)[C@@H](CO)O[C@H](O[C@@H]4[C@@H](O)[C@@H](O)[C@H](O[C@H]5[C@H](O)[C@@H](CO)O[C@@H](O[C@H]([C@@H]1O[C@H]1O[C@H](C(=O)O)[C@H](O)[C@H](O)[C@H]1O)[C@@H](CO)O2)[C@@H]5NC(C)=O)O[C@H]4C)[C@@H]3O. The highest BCUT2D eigenvalue weighted by atomic mass is 16.8. The Morgan fingerprint density at radius 3 is 1.57 bits per heavy atom. The molecule has 27 nitrogen and oxygen atoms in total. The smallest absolute Gasteiger partial charge is 0.335 e. The van der Waals surface area contributed by atoms with Crippen molar-refractivity contribution in [3.05, 3.63) is 0 Å². The number of aliphatic hydroxyl groups is 11. The van der Waals surface area contributed by atoms with Crippen molar-refractivity contribution in [1.82, 2.24) is 10.6 Å². The first kappa shape index (κ1) is 48.0. The lowest BCUT2D eigenvalue weighted by atomic mass is 9.92. The van der Waals surface area contributed by atoms with Gasteiger partial charge >= 0.3 is 5.97 Å². The van der Waals surface area contributed by atoms with Crippen LogP contribution in [-0.2, 0) is 61.8 Å². The minimum atomic E-state index is -2.23. The number of carboxylic acids is 1. The number of carbonyl (C=O) groups is 3. The number of carbonyl (C=O) groups excluding carboxylic acids is 2. The largest absolute Gasteiger partial charge is 0.479 e. The van der Waals surface area contributed by atoms with Crippen molar-refractivity contribution in [2.45, 2.75) is 174 Å². The van der Waals surface area contributed by atoms with Gasteiger partial charge in [0.15, 0.2) is 37.6 Å². The predicted molar refractivity (Wildman–Crippen MR) is 186 cm³/mol. The van der Waals surface area contributed by atoms with Gasteiger partial charge in [0.25, 0.3) is 0 Å². The van der Waals surface area contributed by atoms with Gasteiger partial charge in [-0.3, -0.25) is 9.59 Å². The summed E-state index contributed by atoms with van der Waals surface area (Å²) in [6.07, 6.45) is -43.6. The van der Waals surface area contributed by atoms with Crippen molar-refractivity contribution in [1.29, 1.82) is 0 Å². The molecule has 350 valence electrons. The Hall–Kier alpha value is -2.43. The van der Waals surface area contributed by atoms with Crippen LogP contribution in [0.2, 0.25) is 0 Å². The average molecular weight is 891 g/mol. The molecule has 0 radical (unpaired) electrons. The molecular weight excluding hydrogens is 836 g/mol. The zero-order chi connectivity index (χ0) is 44.8. The van der Waals surface area contributed by atoms with E-state index in [1.165, 1.54) is 6.92 Å². The molecule has 0 aromatic heterocycles. The molecule has 9 aliphatic rings. The molecule has 9 fully saturated rings. The Kier molecular flexibility index (Phi) is 15.6. The number of rotatable bonds is 8. The van der Waals surface area contributed by atoms with Gasteiger partial charge in [-0.1, -0.05) is 0 Å². The van der Waals surface area contributed by atoms with Crippen LogP contribution in [0.5, 0.6) is 0 Å². The molecule has 0 saturated carbocycles. The van der Waals surface area contributed by atoms with E-state index >= 15 is 0 Å². The van der Waals surface area contributed by atoms with Crippen molar-refractivity contribution < 1.29 is 123 Å². The molecule has 0 unspecified atom stereocenters. The summed E-state index contributed by atoms with van der Waals surface area (Å²) >= 11 is 0. The number of nitrogens with one attached hydrogen (secondary N) is 2. The summed E-state index contributed by atoms with van der Waals surface area (Å²) in [5.74, 6) is -3.44. The zero-order valence-corrected chi connectivity index (χ0v) is 32.7. The summed E-state index contributed by atoms with van der Waals surface area (Å²) in [7, 11) is 0. The van der Waals surface area contributed by atoms with Crippen molar-refractivity contribution in [2.24, 2.45) is 0 Å². The molecule has 9 aliphatic heterocycles. The van der Waals surface area contributed by atoms with Gasteiger partial charge in [0.2, 0.25) is 11.8 Å². The molecule has 14 N–H and O–H groups in total. The number of hydrogen-bond acceptors (Lipinski definition) is 24. The summed E-state index contributed by atoms with van der Waals surface area (Å²) in [4.78, 5) is 37.6. The topological polar surface area (TPSA) is 410 Å². The molecule has 9 heterocycles. The zero-order valence-electron chi connectivity index (χ0n) is 32.7. The Morgan fingerprint density at radius 2 is 0.984 bits per heavy atom. The van der Waals surface area contributed by atoms with E-state index in [1.807, 2.05) is 0 Å². The lowest BCUT2D eigenvalue weighted by molar-refractivity contribution is -0.398. The van der Waals surface area contributed by atoms with Gasteiger partial charge in [-0.2, -0.15) is 0 Å². The van der Waals surface area contributed by atoms with Gasteiger partial charge < -0.3 is 119 Å². The van der Waals surface area contributed by atoms with Crippen molar-refractivity contribution in [3.63, 3.8) is 0 Å². The quantitative estimate of drug-likeness (QED) is 0.108. The number of aliphatic hydroxyl groups excluding tert-OH is 11. The van der Waals surface area contributed by atoms with Crippen LogP contribution in [0, 0.1) is 0 Å². The Morgan fingerprint density at radius 1 is 0.492 bits per heavy atom. The third-order valence-corrected chi connectivity index (χ3v) is 11.3. The standard InChI is InChI=1S/C34H54N2O25/c1-7-23-19(46)21(48)32(52-7)58-25-13(35-8(2)40)30(53-10(4-37)15(25)42)57-24-12(6-39)55-31(60-27-16(43)11(5-38)54-34(56-23)22(27)49)14(36-9(3)41)26(24)59-33-20(47)17(44)18(45)28(61-33)29(50)51/h7,10-28,30-34,37-39,42-49H,4-6H2,1-3H3,(H,35,40)(H,36,41)(H,50,51)/t7-,10+,11+,12+,13+,14+,15+,16-,17-,18+,19-,20+,21+,22+,23-,24-,25+,26+,27-,28-,30-,31-,32-,33-,34+/m0/s1. The Balaban J connectivity index is 1.51. The van der Waals surface area contributed by atoms with Crippen LogP contribution in [0.4, 0.5) is 0 Å². The summed E-state index contributed by atoms with van der Waals surface area (Å²) in [6.45, 7) is 0.542. The molecule has 8 bridgehead atoms. The summed E-state index contributed by atoms with van der Waals surface area (Å²) in [6, 6.07) is -3.45. The van der Waals surface area contributed by atoms with Crippen LogP contribution >= 0.6 is 0 Å². The first-order chi connectivity index (χ1) is 28.8. The van der Waals surface area contributed by atoms with Gasteiger partial charge in [0.1, 0.15) is 110 Å². The van der Waals surface area contributed by atoms with E-state index in [9.17, 15) is 75.7 Å². The molecule has 9 saturated heterocycles. The first-order valence-corrected chi connectivity index (χ1v) is 19.4. The number of hydrogen-bond donors (Lipinski definition) is 14. The highest BCUT2D eigenvalue weighted by Gasteiger charge is 2.59. The van der Waals surface area contributed by atoms with Crippen LogP contribution in [0.3, 0.4) is 0 Å². The maximum absolute atomic E-state index is 12.9. The minimum Gasteiger partial charge on any atom is -0.479 e. The van der Waals surface area contributed by atoms with Crippen LogP contribution < -0.4 is 10.6 Å². The second kappa shape index (κ2) is 19.8. The van der Waals surface area contributed by atoms with Crippen molar-refractivity contribution >= 4 is 17.8 Å². The number of carboxylic acid groups (broad SMARTS) is 1. The highest BCUT2D eigenvalue weighted by molar-refractivity contribution is 5.74. The Labute approximate surface area is 345 Å². The molecule has 0 aliphatic carbocycles. The van der Waals surface area contributed by atoms with Gasteiger partial charge in [-0.15, -0.1) is 0 Å². The lowest BCUT2D eigenvalue weighted by Crippen LogP contribution is -2.73. The summed E-state index contributed by atoms with van der Waals surface area (Å²) in [5, 5.41) is 135. The van der Waals surface area contributed by atoms with E-state index < -0.39 is 191 Å². The summed E-state index contributed by atoms with van der Waals surface area (Å²) < 4.78 is 59.2. The fourth-order valence-corrected chi connectivity index (χ4v) is 8.19. The van der Waals surface area contributed by atoms with Gasteiger partial charge in [-0.05, 0) is 6.92 Å². The van der Waals surface area contributed by atoms with E-state index in [1.54, 1.807) is 0 Å². The predicted octanol–water partition coefficient (Wildman–Crippen LogP) is -9.47. The van der Waals surface area contributed by atoms with Crippen LogP contribution in [0.1, 0.15) is 20.8 Å². The van der Waals surface area contributed by atoms with E-state index in [-0.39, 0.29) is 0 Å². The van der Waals surface area contributed by atoms with E-state index in [2.05, 4.69) is 10.6 Å². The third kappa shape index (κ3) is 9.67. The van der Waals surface area contributed by atoms with E-state index in [4.69, 9.17) is 47.4 Å². The van der Waals surface area contributed by atoms with Crippen LogP contribution in [-0.4, -0.2) is 252 Å². The first-order valence-electron chi connectivity index (χ1n) is 19.4. The second-order valence-corrected chi connectivity index (χ2v) is 15.5. The lowest BCUT2D eigenvalue weighted by Gasteiger charge is -2.53. The summed E-state index contributed by atoms with van der Waals surface area (Å²) in [5.41, 5.74) is 0. The number of ether oxygens (including phenoxy) is 10. The molecule has 25 atom stereocenters.